The van der Waals surface area contributed by atoms with Gasteiger partial charge in [-0.15, -0.1) is 0 Å². The van der Waals surface area contributed by atoms with Crippen LogP contribution in [0.3, 0.4) is 0 Å². The van der Waals surface area contributed by atoms with Crippen molar-refractivity contribution in [3.63, 3.8) is 0 Å². The molecule has 2 aliphatic heterocycles. The van der Waals surface area contributed by atoms with E-state index in [1.54, 1.807) is 24.9 Å². The molecule has 4 aromatic rings. The van der Waals surface area contributed by atoms with Gasteiger partial charge in [-0.05, 0) is 74.8 Å². The van der Waals surface area contributed by atoms with Crippen molar-refractivity contribution in [2.45, 2.75) is 67.6 Å². The first-order valence-corrected chi connectivity index (χ1v) is 16.4. The van der Waals surface area contributed by atoms with Crippen molar-refractivity contribution >= 4 is 32.7 Å². The highest BCUT2D eigenvalue weighted by Crippen LogP contribution is 2.57. The third kappa shape index (κ3) is 4.61. The molecular weight excluding hydrogens is 556 g/mol. The zero-order valence-corrected chi connectivity index (χ0v) is 25.4. The second-order valence-electron chi connectivity index (χ2n) is 12.4. The number of sulfonamides is 1. The van der Waals surface area contributed by atoms with Crippen molar-refractivity contribution in [2.75, 3.05) is 20.1 Å². The lowest BCUT2D eigenvalue weighted by molar-refractivity contribution is 0.0989. The van der Waals surface area contributed by atoms with Crippen LogP contribution in [0.2, 0.25) is 5.02 Å². The van der Waals surface area contributed by atoms with Crippen LogP contribution < -0.4 is 0 Å². The Balaban J connectivity index is 1.12. The van der Waals surface area contributed by atoms with E-state index in [1.165, 1.54) is 29.0 Å². The normalized spacial score (nSPS) is 28.1. The Hall–Kier alpha value is -2.72. The molecule has 7 rings (SSSR count). The molecule has 3 fully saturated rings. The summed E-state index contributed by atoms with van der Waals surface area (Å²) in [5.74, 6) is 1.46. The van der Waals surface area contributed by atoms with Crippen LogP contribution in [0, 0.1) is 12.8 Å². The maximum absolute atomic E-state index is 13.4. The summed E-state index contributed by atoms with van der Waals surface area (Å²) in [7, 11) is -0.242. The van der Waals surface area contributed by atoms with Gasteiger partial charge in [0.25, 0.3) is 10.0 Å². The number of fused-ring (bicyclic) bond motifs is 3. The van der Waals surface area contributed by atoms with Crippen LogP contribution in [0.5, 0.6) is 0 Å². The number of hydrogen-bond donors (Lipinski definition) is 0. The molecule has 1 saturated carbocycles. The fourth-order valence-corrected chi connectivity index (χ4v) is 9.25. The third-order valence-electron chi connectivity index (χ3n) is 9.92. The third-order valence-corrected chi connectivity index (χ3v) is 11.8. The first-order chi connectivity index (χ1) is 19.7. The van der Waals surface area contributed by atoms with Crippen LogP contribution in [0.15, 0.2) is 66.1 Å². The minimum atomic E-state index is -3.70. The summed E-state index contributed by atoms with van der Waals surface area (Å²) in [5.41, 5.74) is 3.17. The molecule has 2 bridgehead atoms. The van der Waals surface area contributed by atoms with E-state index >= 15 is 0 Å². The highest BCUT2D eigenvalue weighted by Gasteiger charge is 2.58. The molecule has 8 nitrogen and oxygen atoms in total. The Bertz CT molecular complexity index is 1700. The highest BCUT2D eigenvalue weighted by molar-refractivity contribution is 7.89. The van der Waals surface area contributed by atoms with Crippen LogP contribution in [0.25, 0.3) is 11.0 Å². The van der Waals surface area contributed by atoms with Crippen molar-refractivity contribution < 1.29 is 8.42 Å². The lowest BCUT2D eigenvalue weighted by atomic mass is 9.91. The van der Waals surface area contributed by atoms with E-state index < -0.39 is 10.0 Å². The summed E-state index contributed by atoms with van der Waals surface area (Å²) in [4.78, 5) is 11.7. The number of piperidine rings is 1. The number of likely N-dealkylation sites (N-methyl/N-ethyl adjacent to an activating group) is 1. The zero-order chi connectivity index (χ0) is 28.5. The van der Waals surface area contributed by atoms with Gasteiger partial charge in [-0.1, -0.05) is 35.9 Å². The molecule has 10 heteroatoms. The summed E-state index contributed by atoms with van der Waals surface area (Å²) in [6.45, 7) is 3.52. The van der Waals surface area contributed by atoms with Crippen LogP contribution in [0.1, 0.15) is 49.5 Å². The standard InChI is InChI=1S/C31H37ClN6O2S/c1-21-34-28-9-4-5-10-29(28)38(21)27-14-25-11-12-26(15-27)37(25)17-23-16-31(23,22-7-6-8-24(32)13-22)19-36(3)41(39,40)30-18-35(2)20-33-30/h4-10,13,18,20,23,25-27H,11-12,14-17,19H2,1-3H3/t23-,25-,26+,27?,31+/m0/s1. The first-order valence-electron chi connectivity index (χ1n) is 14.6. The summed E-state index contributed by atoms with van der Waals surface area (Å²) in [5, 5.41) is 0.773. The molecule has 2 saturated heterocycles. The van der Waals surface area contributed by atoms with E-state index in [1.807, 2.05) is 18.2 Å². The van der Waals surface area contributed by atoms with E-state index in [0.29, 0.717) is 35.6 Å². The molecule has 0 radical (unpaired) electrons. The van der Waals surface area contributed by atoms with Gasteiger partial charge >= 0.3 is 0 Å². The maximum Gasteiger partial charge on any atom is 0.261 e. The largest absolute Gasteiger partial charge is 0.339 e. The average Bonchev–Trinajstić information content (AvgIpc) is 3.14. The van der Waals surface area contributed by atoms with Gasteiger partial charge in [0, 0.05) is 61.9 Å². The van der Waals surface area contributed by atoms with E-state index in [2.05, 4.69) is 51.7 Å². The summed E-state index contributed by atoms with van der Waals surface area (Å²) < 4.78 is 32.5. The fourth-order valence-electron chi connectivity index (χ4n) is 7.86. The molecule has 1 aliphatic carbocycles. The monoisotopic (exact) mass is 592 g/mol. The molecule has 2 aromatic heterocycles. The molecule has 41 heavy (non-hydrogen) atoms. The maximum atomic E-state index is 13.4. The molecular formula is C31H37ClN6O2S. The summed E-state index contributed by atoms with van der Waals surface area (Å²) in [6.07, 6.45) is 8.73. The summed E-state index contributed by atoms with van der Waals surface area (Å²) in [6, 6.07) is 18.0. The zero-order valence-electron chi connectivity index (χ0n) is 23.8. The number of nitrogens with zero attached hydrogens (tertiary/aromatic N) is 6. The lowest BCUT2D eigenvalue weighted by Gasteiger charge is -2.40. The molecule has 5 atom stereocenters. The van der Waals surface area contributed by atoms with Crippen molar-refractivity contribution in [1.29, 1.82) is 0 Å². The number of aromatic nitrogens is 4. The molecule has 216 valence electrons. The van der Waals surface area contributed by atoms with E-state index in [9.17, 15) is 8.42 Å². The van der Waals surface area contributed by atoms with Gasteiger partial charge in [0.1, 0.15) is 5.82 Å². The first kappa shape index (κ1) is 27.1. The number of rotatable bonds is 8. The topological polar surface area (TPSA) is 76.3 Å². The predicted octanol–water partition coefficient (Wildman–Crippen LogP) is 5.18. The Morgan fingerprint density at radius 2 is 1.83 bits per heavy atom. The second kappa shape index (κ2) is 9.93. The Labute approximate surface area is 247 Å². The number of halogens is 1. The van der Waals surface area contributed by atoms with Crippen LogP contribution >= 0.6 is 11.6 Å². The van der Waals surface area contributed by atoms with Crippen molar-refractivity contribution in [3.8, 4) is 0 Å². The number of para-hydroxylation sites is 2. The van der Waals surface area contributed by atoms with Crippen molar-refractivity contribution in [2.24, 2.45) is 13.0 Å². The van der Waals surface area contributed by atoms with Crippen molar-refractivity contribution in [1.82, 2.24) is 28.3 Å². The quantitative estimate of drug-likeness (QED) is 0.282. The Kier molecular flexibility index (Phi) is 6.57. The molecule has 4 heterocycles. The number of aryl methyl sites for hydroxylation is 2. The number of imidazole rings is 2. The van der Waals surface area contributed by atoms with E-state index in [0.717, 1.165) is 42.7 Å². The van der Waals surface area contributed by atoms with Gasteiger partial charge in [0.15, 0.2) is 5.03 Å². The average molecular weight is 593 g/mol. The van der Waals surface area contributed by atoms with Gasteiger partial charge < -0.3 is 9.13 Å². The van der Waals surface area contributed by atoms with Gasteiger partial charge in [-0.25, -0.2) is 18.4 Å². The predicted molar refractivity (Wildman–Crippen MR) is 161 cm³/mol. The molecule has 2 aromatic carbocycles. The van der Waals surface area contributed by atoms with Gasteiger partial charge in [0.05, 0.1) is 17.4 Å². The van der Waals surface area contributed by atoms with Gasteiger partial charge in [-0.2, -0.15) is 4.31 Å². The van der Waals surface area contributed by atoms with Crippen molar-refractivity contribution in [3.05, 3.63) is 77.5 Å². The molecule has 0 N–H and O–H groups in total. The minimum absolute atomic E-state index is 0.0865. The SMILES string of the molecule is Cc1nc2ccccc2n1C1C[C@H]2CC[C@@H](C1)N2C[C@@H]1C[C@@]1(CN(C)S(=O)(=O)c1cn(C)cn1)c1cccc(Cl)c1. The summed E-state index contributed by atoms with van der Waals surface area (Å²) >= 11 is 6.46. The van der Waals surface area contributed by atoms with Crippen LogP contribution in [-0.2, 0) is 22.5 Å². The fraction of sp³-hybridized carbons (Fsp3) is 0.484. The lowest BCUT2D eigenvalue weighted by Crippen LogP contribution is -2.45. The molecule has 0 amide bonds. The molecule has 3 aliphatic rings. The smallest absolute Gasteiger partial charge is 0.261 e. The van der Waals surface area contributed by atoms with E-state index in [4.69, 9.17) is 16.6 Å². The second-order valence-corrected chi connectivity index (χ2v) is 14.9. The van der Waals surface area contributed by atoms with E-state index in [-0.39, 0.29) is 10.4 Å². The molecule has 1 unspecified atom stereocenters. The van der Waals surface area contributed by atoms with Gasteiger partial charge in [-0.3, -0.25) is 4.90 Å². The van der Waals surface area contributed by atoms with Crippen LogP contribution in [0.4, 0.5) is 0 Å². The Morgan fingerprint density at radius 1 is 1.07 bits per heavy atom. The minimum Gasteiger partial charge on any atom is -0.339 e. The van der Waals surface area contributed by atoms with Gasteiger partial charge in [0.2, 0.25) is 0 Å². The molecule has 0 spiro atoms. The number of hydrogen-bond acceptors (Lipinski definition) is 5. The highest BCUT2D eigenvalue weighted by atomic mass is 35.5. The van der Waals surface area contributed by atoms with Crippen LogP contribution in [-0.4, -0.2) is 68.9 Å². The number of benzene rings is 2. The Morgan fingerprint density at radius 3 is 2.54 bits per heavy atom.